The molecule has 0 radical (unpaired) electrons. The molecule has 0 spiro atoms. The van der Waals surface area contributed by atoms with E-state index in [1.54, 1.807) is 0 Å². The number of rotatable bonds is 6. The molecule has 0 aliphatic rings. The molecular weight excluding hydrogens is 260 g/mol. The lowest BCUT2D eigenvalue weighted by Gasteiger charge is -2.22. The molecule has 1 amide bonds. The molecule has 0 aliphatic carbocycles. The molecule has 0 fully saturated rings. The van der Waals surface area contributed by atoms with E-state index in [1.807, 2.05) is 73.5 Å². The summed E-state index contributed by atoms with van der Waals surface area (Å²) >= 11 is 0. The van der Waals surface area contributed by atoms with Crippen LogP contribution in [0, 0.1) is 0 Å². The van der Waals surface area contributed by atoms with Crippen molar-refractivity contribution in [3.8, 4) is 0 Å². The zero-order valence-electron chi connectivity index (χ0n) is 12.7. The molecule has 3 heteroatoms. The Morgan fingerprint density at radius 2 is 1.71 bits per heavy atom. The van der Waals surface area contributed by atoms with Crippen LogP contribution in [-0.4, -0.2) is 26.0 Å². The van der Waals surface area contributed by atoms with Crippen molar-refractivity contribution in [2.24, 2.45) is 0 Å². The predicted octanol–water partition coefficient (Wildman–Crippen LogP) is 3.12. The van der Waals surface area contributed by atoms with Gasteiger partial charge in [-0.25, -0.2) is 0 Å². The van der Waals surface area contributed by atoms with Crippen LogP contribution >= 0.6 is 0 Å². The van der Waals surface area contributed by atoms with Crippen LogP contribution in [0.2, 0.25) is 0 Å². The van der Waals surface area contributed by atoms with Crippen molar-refractivity contribution in [2.45, 2.75) is 13.3 Å². The number of nitrogens with one attached hydrogen (secondary N) is 1. The highest BCUT2D eigenvalue weighted by Crippen LogP contribution is 2.19. The van der Waals surface area contributed by atoms with Crippen molar-refractivity contribution in [3.05, 3.63) is 65.7 Å². The van der Waals surface area contributed by atoms with Gasteiger partial charge in [0, 0.05) is 17.8 Å². The second-order valence-corrected chi connectivity index (χ2v) is 4.90. The highest BCUT2D eigenvalue weighted by Gasteiger charge is 2.18. The zero-order chi connectivity index (χ0) is 15.1. The lowest BCUT2D eigenvalue weighted by atomic mass is 10.0. The molecule has 0 saturated heterocycles. The maximum absolute atomic E-state index is 12.9. The Kier molecular flexibility index (Phi) is 5.52. The number of carbonyl (C=O) groups excluding carboxylic acids is 1. The van der Waals surface area contributed by atoms with Crippen LogP contribution < -0.4 is 10.2 Å². The van der Waals surface area contributed by atoms with Crippen molar-refractivity contribution in [3.63, 3.8) is 0 Å². The third-order valence-corrected chi connectivity index (χ3v) is 3.52. The first-order chi connectivity index (χ1) is 10.3. The quantitative estimate of drug-likeness (QED) is 0.883. The Morgan fingerprint density at radius 1 is 1.05 bits per heavy atom. The van der Waals surface area contributed by atoms with Gasteiger partial charge in [-0.05, 0) is 50.7 Å². The first-order valence-corrected chi connectivity index (χ1v) is 7.37. The van der Waals surface area contributed by atoms with Crippen molar-refractivity contribution in [1.82, 2.24) is 5.32 Å². The molecule has 0 aliphatic heterocycles. The SMILES string of the molecule is CCN(C(=O)c1ccccc1CCNC)c1ccccc1. The average molecular weight is 282 g/mol. The predicted molar refractivity (Wildman–Crippen MR) is 87.9 cm³/mol. The van der Waals surface area contributed by atoms with Crippen LogP contribution in [0.5, 0.6) is 0 Å². The fourth-order valence-electron chi connectivity index (χ4n) is 2.40. The summed E-state index contributed by atoms with van der Waals surface area (Å²) in [4.78, 5) is 14.7. The minimum atomic E-state index is 0.0652. The summed E-state index contributed by atoms with van der Waals surface area (Å²) < 4.78 is 0. The number of benzene rings is 2. The molecule has 0 atom stereocenters. The van der Waals surface area contributed by atoms with Gasteiger partial charge in [0.25, 0.3) is 5.91 Å². The summed E-state index contributed by atoms with van der Waals surface area (Å²) in [7, 11) is 1.92. The molecule has 0 saturated carbocycles. The van der Waals surface area contributed by atoms with Gasteiger partial charge in [0.1, 0.15) is 0 Å². The average Bonchev–Trinajstić information content (AvgIpc) is 2.55. The number of hydrogen-bond acceptors (Lipinski definition) is 2. The first kappa shape index (κ1) is 15.3. The Hall–Kier alpha value is -2.13. The van der Waals surface area contributed by atoms with E-state index in [0.29, 0.717) is 6.54 Å². The van der Waals surface area contributed by atoms with Crippen molar-refractivity contribution >= 4 is 11.6 Å². The molecule has 0 unspecified atom stereocenters. The lowest BCUT2D eigenvalue weighted by molar-refractivity contribution is 0.0987. The normalized spacial score (nSPS) is 10.4. The summed E-state index contributed by atoms with van der Waals surface area (Å²) in [5.74, 6) is 0.0652. The van der Waals surface area contributed by atoms with Crippen molar-refractivity contribution in [1.29, 1.82) is 0 Å². The Labute approximate surface area is 126 Å². The van der Waals surface area contributed by atoms with Gasteiger partial charge in [0.2, 0.25) is 0 Å². The standard InChI is InChI=1S/C18H22N2O/c1-3-20(16-10-5-4-6-11-16)18(21)17-12-8-7-9-15(17)13-14-19-2/h4-12,19H,3,13-14H2,1-2H3. The van der Waals surface area contributed by atoms with E-state index in [-0.39, 0.29) is 5.91 Å². The second kappa shape index (κ2) is 7.60. The minimum absolute atomic E-state index is 0.0652. The van der Waals surface area contributed by atoms with Gasteiger partial charge in [0.05, 0.1) is 0 Å². The largest absolute Gasteiger partial charge is 0.319 e. The molecule has 2 aromatic carbocycles. The first-order valence-electron chi connectivity index (χ1n) is 7.37. The third kappa shape index (κ3) is 3.70. The van der Waals surface area contributed by atoms with Gasteiger partial charge in [-0.15, -0.1) is 0 Å². The van der Waals surface area contributed by atoms with Crippen LogP contribution in [-0.2, 0) is 6.42 Å². The van der Waals surface area contributed by atoms with Gasteiger partial charge < -0.3 is 10.2 Å². The summed E-state index contributed by atoms with van der Waals surface area (Å²) in [6.07, 6.45) is 0.852. The van der Waals surface area contributed by atoms with Crippen LogP contribution in [0.1, 0.15) is 22.8 Å². The maximum atomic E-state index is 12.9. The van der Waals surface area contributed by atoms with Gasteiger partial charge in [-0.2, -0.15) is 0 Å². The fraction of sp³-hybridized carbons (Fsp3) is 0.278. The van der Waals surface area contributed by atoms with Gasteiger partial charge >= 0.3 is 0 Å². The Morgan fingerprint density at radius 3 is 2.38 bits per heavy atom. The molecule has 21 heavy (non-hydrogen) atoms. The molecule has 3 nitrogen and oxygen atoms in total. The molecule has 2 aromatic rings. The summed E-state index contributed by atoms with van der Waals surface area (Å²) in [5.41, 5.74) is 2.82. The molecule has 0 bridgehead atoms. The Balaban J connectivity index is 2.30. The smallest absolute Gasteiger partial charge is 0.258 e. The summed E-state index contributed by atoms with van der Waals surface area (Å²) in [5, 5.41) is 3.13. The fourth-order valence-corrected chi connectivity index (χ4v) is 2.40. The van der Waals surface area contributed by atoms with E-state index in [4.69, 9.17) is 0 Å². The molecule has 0 aromatic heterocycles. The van der Waals surface area contributed by atoms with E-state index in [2.05, 4.69) is 5.32 Å². The molecule has 0 heterocycles. The number of anilines is 1. The highest BCUT2D eigenvalue weighted by atomic mass is 16.2. The van der Waals surface area contributed by atoms with E-state index < -0.39 is 0 Å². The van der Waals surface area contributed by atoms with Gasteiger partial charge in [0.15, 0.2) is 0 Å². The zero-order valence-corrected chi connectivity index (χ0v) is 12.7. The van der Waals surface area contributed by atoms with Crippen molar-refractivity contribution in [2.75, 3.05) is 25.0 Å². The highest BCUT2D eigenvalue weighted by molar-refractivity contribution is 6.07. The number of hydrogen-bond donors (Lipinski definition) is 1. The molecule has 1 N–H and O–H groups in total. The van der Waals surface area contributed by atoms with Crippen LogP contribution in [0.3, 0.4) is 0 Å². The molecule has 110 valence electrons. The number of likely N-dealkylation sites (N-methyl/N-ethyl adjacent to an activating group) is 1. The maximum Gasteiger partial charge on any atom is 0.258 e. The van der Waals surface area contributed by atoms with Crippen LogP contribution in [0.15, 0.2) is 54.6 Å². The van der Waals surface area contributed by atoms with Crippen LogP contribution in [0.4, 0.5) is 5.69 Å². The van der Waals surface area contributed by atoms with E-state index in [0.717, 1.165) is 29.8 Å². The number of nitrogens with zero attached hydrogens (tertiary/aromatic N) is 1. The molecular formula is C18H22N2O. The minimum Gasteiger partial charge on any atom is -0.319 e. The Bertz CT molecular complexity index is 581. The summed E-state index contributed by atoms with van der Waals surface area (Å²) in [6, 6.07) is 17.7. The van der Waals surface area contributed by atoms with Crippen molar-refractivity contribution < 1.29 is 4.79 Å². The summed E-state index contributed by atoms with van der Waals surface area (Å²) in [6.45, 7) is 3.52. The number of para-hydroxylation sites is 1. The van der Waals surface area contributed by atoms with Crippen LogP contribution in [0.25, 0.3) is 0 Å². The van der Waals surface area contributed by atoms with Gasteiger partial charge in [-0.3, -0.25) is 4.79 Å². The third-order valence-electron chi connectivity index (χ3n) is 3.52. The molecule has 2 rings (SSSR count). The van der Waals surface area contributed by atoms with E-state index >= 15 is 0 Å². The second-order valence-electron chi connectivity index (χ2n) is 4.90. The van der Waals surface area contributed by atoms with E-state index in [9.17, 15) is 4.79 Å². The van der Waals surface area contributed by atoms with Gasteiger partial charge in [-0.1, -0.05) is 36.4 Å². The number of carbonyl (C=O) groups is 1. The monoisotopic (exact) mass is 282 g/mol. The number of amides is 1. The lowest BCUT2D eigenvalue weighted by Crippen LogP contribution is -2.31. The van der Waals surface area contributed by atoms with E-state index in [1.165, 1.54) is 0 Å². The topological polar surface area (TPSA) is 32.3 Å².